The maximum atomic E-state index is 11.4. The largest absolute Gasteiger partial charge is 0.480 e. The van der Waals surface area contributed by atoms with Crippen molar-refractivity contribution in [1.82, 2.24) is 0 Å². The number of thioether (sulfide) groups is 1. The number of hydrogen-bond donors (Lipinski definition) is 2. The van der Waals surface area contributed by atoms with Gasteiger partial charge in [-0.25, -0.2) is 0 Å². The molecule has 3 aromatic rings. The maximum absolute atomic E-state index is 11.4. The molecule has 28 heavy (non-hydrogen) atoms. The summed E-state index contributed by atoms with van der Waals surface area (Å²) < 4.78 is -0.502. The molecule has 0 aliphatic carbocycles. The van der Waals surface area contributed by atoms with E-state index in [2.05, 4.69) is 79.7 Å². The molecule has 0 saturated carbocycles. The van der Waals surface area contributed by atoms with Gasteiger partial charge in [0.2, 0.25) is 0 Å². The van der Waals surface area contributed by atoms with Crippen molar-refractivity contribution < 1.29 is 9.90 Å². The van der Waals surface area contributed by atoms with E-state index in [0.29, 0.717) is 5.75 Å². The van der Waals surface area contributed by atoms with Crippen molar-refractivity contribution in [2.45, 2.75) is 27.5 Å². The summed E-state index contributed by atoms with van der Waals surface area (Å²) in [6, 6.07) is 24.3. The first kappa shape index (κ1) is 19.1. The Kier molecular flexibility index (Phi) is 5.23. The van der Waals surface area contributed by atoms with Gasteiger partial charge in [-0.1, -0.05) is 78.0 Å². The minimum Gasteiger partial charge on any atom is -0.480 e. The Labute approximate surface area is 173 Å². The van der Waals surface area contributed by atoms with Crippen LogP contribution in [0.1, 0.15) is 22.3 Å². The molecule has 1 aliphatic heterocycles. The number of rotatable bonds is 5. The molecule has 5 heteroatoms. The number of carboxylic acid groups (broad SMARTS) is 1. The van der Waals surface area contributed by atoms with Gasteiger partial charge in [0.25, 0.3) is 0 Å². The first-order valence-electron chi connectivity index (χ1n) is 9.09. The highest BCUT2D eigenvalue weighted by atomic mass is 32.2. The van der Waals surface area contributed by atoms with Crippen LogP contribution >= 0.6 is 23.5 Å². The summed E-state index contributed by atoms with van der Waals surface area (Å²) in [4.78, 5) is 13.8. The molecule has 0 bridgehead atoms. The quantitative estimate of drug-likeness (QED) is 0.630. The molecule has 3 nitrogen and oxygen atoms in total. The smallest absolute Gasteiger partial charge is 0.321 e. The average molecular weight is 408 g/mol. The second-order valence-corrected chi connectivity index (χ2v) is 9.22. The average Bonchev–Trinajstić information content (AvgIpc) is 2.70. The topological polar surface area (TPSA) is 63.3 Å². The van der Waals surface area contributed by atoms with Crippen LogP contribution in [0.5, 0.6) is 0 Å². The molecule has 0 aromatic heterocycles. The van der Waals surface area contributed by atoms with Crippen LogP contribution in [-0.4, -0.2) is 22.9 Å². The first-order valence-corrected chi connectivity index (χ1v) is 10.9. The fourth-order valence-electron chi connectivity index (χ4n) is 3.66. The Morgan fingerprint density at radius 3 is 2.21 bits per heavy atom. The van der Waals surface area contributed by atoms with Gasteiger partial charge in [0.15, 0.2) is 0 Å². The number of aryl methyl sites for hydroxylation is 1. The molecule has 0 saturated heterocycles. The van der Waals surface area contributed by atoms with E-state index in [1.54, 1.807) is 23.5 Å². The van der Waals surface area contributed by atoms with Crippen molar-refractivity contribution in [1.29, 1.82) is 0 Å². The van der Waals surface area contributed by atoms with E-state index in [-0.39, 0.29) is 0 Å². The van der Waals surface area contributed by atoms with Crippen molar-refractivity contribution >= 4 is 29.5 Å². The fraction of sp³-hybridized carbons (Fsp3) is 0.174. The van der Waals surface area contributed by atoms with E-state index in [9.17, 15) is 9.90 Å². The Balaban J connectivity index is 1.98. The summed E-state index contributed by atoms with van der Waals surface area (Å²) in [7, 11) is 0. The molecule has 4 rings (SSSR count). The summed E-state index contributed by atoms with van der Waals surface area (Å²) in [6.45, 7) is 2.08. The Morgan fingerprint density at radius 2 is 1.64 bits per heavy atom. The molecule has 1 atom stereocenters. The van der Waals surface area contributed by atoms with E-state index in [0.717, 1.165) is 5.56 Å². The fourth-order valence-corrected chi connectivity index (χ4v) is 6.51. The molecular formula is C23H21NO2S2. The lowest BCUT2D eigenvalue weighted by molar-refractivity contribution is -0.137. The predicted octanol–water partition coefficient (Wildman–Crippen LogP) is 4.90. The van der Waals surface area contributed by atoms with E-state index < -0.39 is 16.8 Å². The molecule has 0 fully saturated rings. The van der Waals surface area contributed by atoms with Gasteiger partial charge in [-0.05, 0) is 35.7 Å². The highest BCUT2D eigenvalue weighted by molar-refractivity contribution is 8.01. The van der Waals surface area contributed by atoms with Crippen LogP contribution in [0.25, 0.3) is 0 Å². The first-order chi connectivity index (χ1) is 13.5. The van der Waals surface area contributed by atoms with E-state index in [1.807, 2.05) is 0 Å². The van der Waals surface area contributed by atoms with Crippen molar-refractivity contribution in [3.8, 4) is 0 Å². The van der Waals surface area contributed by atoms with Gasteiger partial charge in [-0.2, -0.15) is 0 Å². The van der Waals surface area contributed by atoms with Gasteiger partial charge in [-0.3, -0.25) is 4.79 Å². The number of aliphatic carboxylic acids is 1. The number of benzene rings is 3. The van der Waals surface area contributed by atoms with E-state index in [4.69, 9.17) is 5.73 Å². The maximum Gasteiger partial charge on any atom is 0.321 e. The molecule has 142 valence electrons. The second kappa shape index (κ2) is 7.66. The SMILES string of the molecule is Cc1cccc(C2(SCC(N)C(=O)O)c3ccccc3Sc3ccccc32)c1. The molecule has 1 heterocycles. The van der Waals surface area contributed by atoms with Gasteiger partial charge in [0.05, 0.1) is 4.75 Å². The lowest BCUT2D eigenvalue weighted by atomic mass is 9.83. The predicted molar refractivity (Wildman–Crippen MR) is 116 cm³/mol. The zero-order valence-electron chi connectivity index (χ0n) is 15.5. The Morgan fingerprint density at radius 1 is 1.04 bits per heavy atom. The highest BCUT2D eigenvalue weighted by Crippen LogP contribution is 2.57. The highest BCUT2D eigenvalue weighted by Gasteiger charge is 2.43. The molecule has 1 aliphatic rings. The Hall–Kier alpha value is -2.21. The lowest BCUT2D eigenvalue weighted by Gasteiger charge is -2.41. The third kappa shape index (κ3) is 3.24. The van der Waals surface area contributed by atoms with Crippen LogP contribution in [0.15, 0.2) is 82.6 Å². The summed E-state index contributed by atoms with van der Waals surface area (Å²) in [5, 5.41) is 9.36. The standard InChI is InChI=1S/C23H21NO2S2/c1-15-7-6-8-16(13-15)23(27-14-19(24)22(25)26)17-9-2-4-11-20(17)28-21-12-5-3-10-18(21)23/h2-13,19H,14,24H2,1H3,(H,25,26). The van der Waals surface area contributed by atoms with Gasteiger partial charge in [-0.15, -0.1) is 11.8 Å². The summed E-state index contributed by atoms with van der Waals surface area (Å²) in [5.41, 5.74) is 10.6. The van der Waals surface area contributed by atoms with Crippen molar-refractivity contribution in [2.75, 3.05) is 5.75 Å². The summed E-state index contributed by atoms with van der Waals surface area (Å²) in [6.07, 6.45) is 0. The second-order valence-electron chi connectivity index (χ2n) is 6.90. The number of carboxylic acids is 1. The van der Waals surface area contributed by atoms with Crippen molar-refractivity contribution in [2.24, 2.45) is 5.73 Å². The number of hydrogen-bond acceptors (Lipinski definition) is 4. The monoisotopic (exact) mass is 407 g/mol. The Bertz CT molecular complexity index is 989. The molecule has 0 spiro atoms. The molecular weight excluding hydrogens is 386 g/mol. The van der Waals surface area contributed by atoms with Gasteiger partial charge in [0.1, 0.15) is 6.04 Å². The van der Waals surface area contributed by atoms with Gasteiger partial charge >= 0.3 is 5.97 Å². The third-order valence-electron chi connectivity index (χ3n) is 4.97. The van der Waals surface area contributed by atoms with Crippen molar-refractivity contribution in [3.63, 3.8) is 0 Å². The number of fused-ring (bicyclic) bond motifs is 2. The zero-order valence-corrected chi connectivity index (χ0v) is 17.1. The zero-order chi connectivity index (χ0) is 19.7. The minimum atomic E-state index is -0.973. The van der Waals surface area contributed by atoms with Crippen LogP contribution in [0.2, 0.25) is 0 Å². The molecule has 0 amide bonds. The number of carbonyl (C=O) groups is 1. The summed E-state index contributed by atoms with van der Waals surface area (Å²) >= 11 is 3.37. The normalized spacial score (nSPS) is 15.4. The molecule has 3 N–H and O–H groups in total. The van der Waals surface area contributed by atoms with Crippen LogP contribution in [0.4, 0.5) is 0 Å². The molecule has 1 unspecified atom stereocenters. The molecule has 3 aromatic carbocycles. The molecule has 0 radical (unpaired) electrons. The van der Waals surface area contributed by atoms with E-state index in [1.165, 1.54) is 26.5 Å². The van der Waals surface area contributed by atoms with E-state index >= 15 is 0 Å². The summed E-state index contributed by atoms with van der Waals surface area (Å²) in [5.74, 6) is -0.657. The minimum absolute atomic E-state index is 0.316. The lowest BCUT2D eigenvalue weighted by Crippen LogP contribution is -2.37. The van der Waals surface area contributed by atoms with Crippen LogP contribution in [0.3, 0.4) is 0 Å². The van der Waals surface area contributed by atoms with Crippen LogP contribution in [-0.2, 0) is 9.54 Å². The van der Waals surface area contributed by atoms with Crippen LogP contribution in [0, 0.1) is 6.92 Å². The third-order valence-corrected chi connectivity index (χ3v) is 7.76. The number of nitrogens with two attached hydrogens (primary N) is 1. The van der Waals surface area contributed by atoms with Gasteiger partial charge in [0, 0.05) is 15.5 Å². The van der Waals surface area contributed by atoms with Crippen LogP contribution < -0.4 is 5.73 Å². The van der Waals surface area contributed by atoms with Crippen molar-refractivity contribution in [3.05, 3.63) is 95.1 Å². The van der Waals surface area contributed by atoms with Gasteiger partial charge < -0.3 is 10.8 Å².